The first-order valence-corrected chi connectivity index (χ1v) is 5.74. The summed E-state index contributed by atoms with van der Waals surface area (Å²) in [6.07, 6.45) is 1.79. The van der Waals surface area contributed by atoms with Crippen LogP contribution in [0.1, 0.15) is 0 Å². The smallest absolute Gasteiger partial charge is 0.248 e. The summed E-state index contributed by atoms with van der Waals surface area (Å²) >= 11 is 0. The van der Waals surface area contributed by atoms with Crippen LogP contribution in [-0.2, 0) is 9.53 Å². The van der Waals surface area contributed by atoms with Gasteiger partial charge in [-0.25, -0.2) is 4.98 Å². The Morgan fingerprint density at radius 3 is 2.71 bits per heavy atom. The van der Waals surface area contributed by atoms with E-state index in [9.17, 15) is 4.79 Å². The highest BCUT2D eigenvalue weighted by Gasteiger charge is 2.21. The Hall–Kier alpha value is -1.62. The maximum atomic E-state index is 11.6. The van der Waals surface area contributed by atoms with Gasteiger partial charge in [0, 0.05) is 39.5 Å². The number of nitrogens with zero attached hydrogens (tertiary/aromatic N) is 3. The van der Waals surface area contributed by atoms with Gasteiger partial charge < -0.3 is 14.5 Å². The summed E-state index contributed by atoms with van der Waals surface area (Å²) in [5.41, 5.74) is 0. The number of ether oxygens (including phenoxy) is 1. The molecule has 92 valence electrons. The molecule has 0 aromatic carbocycles. The van der Waals surface area contributed by atoms with Crippen LogP contribution < -0.4 is 4.90 Å². The van der Waals surface area contributed by atoms with Crippen molar-refractivity contribution in [3.05, 3.63) is 24.4 Å². The van der Waals surface area contributed by atoms with Gasteiger partial charge in [0.05, 0.1) is 0 Å². The fourth-order valence-corrected chi connectivity index (χ4v) is 1.94. The Labute approximate surface area is 101 Å². The van der Waals surface area contributed by atoms with Crippen molar-refractivity contribution in [3.63, 3.8) is 0 Å². The van der Waals surface area contributed by atoms with Crippen LogP contribution in [0.2, 0.25) is 0 Å². The molecule has 1 saturated heterocycles. The monoisotopic (exact) mass is 235 g/mol. The third-order valence-electron chi connectivity index (χ3n) is 2.87. The van der Waals surface area contributed by atoms with E-state index in [2.05, 4.69) is 9.88 Å². The van der Waals surface area contributed by atoms with E-state index in [1.54, 1.807) is 13.3 Å². The molecule has 1 fully saturated rings. The highest BCUT2D eigenvalue weighted by Crippen LogP contribution is 2.12. The second kappa shape index (κ2) is 5.63. The summed E-state index contributed by atoms with van der Waals surface area (Å²) in [6, 6.07) is 5.87. The average Bonchev–Trinajstić information content (AvgIpc) is 2.40. The number of anilines is 1. The Balaban J connectivity index is 1.88. The molecule has 1 aromatic heterocycles. The normalized spacial score (nSPS) is 16.1. The minimum atomic E-state index is 0.0631. The lowest BCUT2D eigenvalue weighted by atomic mass is 10.3. The minimum absolute atomic E-state index is 0.0631. The second-order valence-electron chi connectivity index (χ2n) is 3.99. The van der Waals surface area contributed by atoms with Gasteiger partial charge in [-0.1, -0.05) is 6.07 Å². The third kappa shape index (κ3) is 2.94. The molecule has 5 nitrogen and oxygen atoms in total. The number of carbonyl (C=O) groups excluding carboxylic acids is 1. The van der Waals surface area contributed by atoms with Gasteiger partial charge in [-0.15, -0.1) is 0 Å². The number of hydrogen-bond donors (Lipinski definition) is 0. The number of amides is 1. The van der Waals surface area contributed by atoms with Crippen LogP contribution in [0.5, 0.6) is 0 Å². The van der Waals surface area contributed by atoms with Crippen molar-refractivity contribution in [1.82, 2.24) is 9.88 Å². The van der Waals surface area contributed by atoms with E-state index in [0.29, 0.717) is 0 Å². The van der Waals surface area contributed by atoms with Crippen LogP contribution in [0.15, 0.2) is 24.4 Å². The van der Waals surface area contributed by atoms with Gasteiger partial charge in [-0.05, 0) is 12.1 Å². The van der Waals surface area contributed by atoms with E-state index in [1.807, 2.05) is 23.1 Å². The van der Waals surface area contributed by atoms with Crippen LogP contribution >= 0.6 is 0 Å². The summed E-state index contributed by atoms with van der Waals surface area (Å²) in [5, 5.41) is 0. The van der Waals surface area contributed by atoms with Gasteiger partial charge in [0.2, 0.25) is 5.91 Å². The van der Waals surface area contributed by atoms with Gasteiger partial charge in [0.15, 0.2) is 0 Å². The number of pyridine rings is 1. The maximum absolute atomic E-state index is 11.6. The predicted molar refractivity (Wildman–Crippen MR) is 64.9 cm³/mol. The quantitative estimate of drug-likeness (QED) is 0.759. The van der Waals surface area contributed by atoms with Gasteiger partial charge in [-0.2, -0.15) is 0 Å². The van der Waals surface area contributed by atoms with E-state index < -0.39 is 0 Å². The SMILES string of the molecule is COCC(=O)N1CCN(c2ccccn2)CC1. The van der Waals surface area contributed by atoms with E-state index in [1.165, 1.54) is 0 Å². The van der Waals surface area contributed by atoms with E-state index in [4.69, 9.17) is 4.74 Å². The maximum Gasteiger partial charge on any atom is 0.248 e. The van der Waals surface area contributed by atoms with Crippen LogP contribution in [-0.4, -0.2) is 55.7 Å². The van der Waals surface area contributed by atoms with Crippen molar-refractivity contribution in [1.29, 1.82) is 0 Å². The zero-order valence-corrected chi connectivity index (χ0v) is 10.0. The molecule has 0 spiro atoms. The van der Waals surface area contributed by atoms with Gasteiger partial charge in [0.1, 0.15) is 12.4 Å². The predicted octanol–water partition coefficient (Wildman–Crippen LogP) is 0.377. The minimum Gasteiger partial charge on any atom is -0.375 e. The summed E-state index contributed by atoms with van der Waals surface area (Å²) in [6.45, 7) is 3.29. The van der Waals surface area contributed by atoms with Crippen molar-refractivity contribution < 1.29 is 9.53 Å². The van der Waals surface area contributed by atoms with E-state index in [0.717, 1.165) is 32.0 Å². The van der Waals surface area contributed by atoms with Crippen molar-refractivity contribution in [2.75, 3.05) is 44.8 Å². The van der Waals surface area contributed by atoms with Gasteiger partial charge in [-0.3, -0.25) is 4.79 Å². The lowest BCUT2D eigenvalue weighted by molar-refractivity contribution is -0.135. The van der Waals surface area contributed by atoms with Crippen molar-refractivity contribution in [3.8, 4) is 0 Å². The molecule has 0 unspecified atom stereocenters. The Bertz CT molecular complexity index is 361. The standard InChI is InChI=1S/C12H17N3O2/c1-17-10-12(16)15-8-6-14(7-9-15)11-4-2-3-5-13-11/h2-5H,6-10H2,1H3. The largest absolute Gasteiger partial charge is 0.375 e. The van der Waals surface area contributed by atoms with Crippen LogP contribution in [0.3, 0.4) is 0 Å². The molecule has 0 atom stereocenters. The molecule has 5 heteroatoms. The molecule has 0 radical (unpaired) electrons. The van der Waals surface area contributed by atoms with Crippen LogP contribution in [0.4, 0.5) is 5.82 Å². The topological polar surface area (TPSA) is 45.7 Å². The Morgan fingerprint density at radius 1 is 1.35 bits per heavy atom. The molecular formula is C12H17N3O2. The molecule has 0 aliphatic carbocycles. The lowest BCUT2D eigenvalue weighted by Crippen LogP contribution is -2.49. The second-order valence-corrected chi connectivity index (χ2v) is 3.99. The summed E-state index contributed by atoms with van der Waals surface area (Å²) in [5.74, 6) is 1.04. The fourth-order valence-electron chi connectivity index (χ4n) is 1.94. The molecule has 1 aliphatic heterocycles. The van der Waals surface area contributed by atoms with Crippen molar-refractivity contribution in [2.45, 2.75) is 0 Å². The molecule has 17 heavy (non-hydrogen) atoms. The molecule has 1 amide bonds. The highest BCUT2D eigenvalue weighted by molar-refractivity contribution is 5.77. The molecule has 2 rings (SSSR count). The number of hydrogen-bond acceptors (Lipinski definition) is 4. The molecule has 2 heterocycles. The van der Waals surface area contributed by atoms with Crippen LogP contribution in [0, 0.1) is 0 Å². The zero-order chi connectivity index (χ0) is 12.1. The zero-order valence-electron chi connectivity index (χ0n) is 10.0. The summed E-state index contributed by atoms with van der Waals surface area (Å²) < 4.78 is 4.85. The number of aromatic nitrogens is 1. The molecule has 0 bridgehead atoms. The fraction of sp³-hybridized carbons (Fsp3) is 0.500. The third-order valence-corrected chi connectivity index (χ3v) is 2.87. The Kier molecular flexibility index (Phi) is 3.93. The summed E-state index contributed by atoms with van der Waals surface area (Å²) in [7, 11) is 1.54. The van der Waals surface area contributed by atoms with E-state index in [-0.39, 0.29) is 12.5 Å². The first-order chi connectivity index (χ1) is 8.31. The summed E-state index contributed by atoms with van der Waals surface area (Å²) in [4.78, 5) is 19.9. The van der Waals surface area contributed by atoms with Gasteiger partial charge in [0.25, 0.3) is 0 Å². The molecule has 1 aromatic rings. The number of methoxy groups -OCH3 is 1. The molecule has 0 saturated carbocycles. The number of rotatable bonds is 3. The number of carbonyl (C=O) groups is 1. The Morgan fingerprint density at radius 2 is 2.12 bits per heavy atom. The number of piperazine rings is 1. The molecule has 1 aliphatic rings. The molecule has 0 N–H and O–H groups in total. The first kappa shape index (κ1) is 11.9. The molecular weight excluding hydrogens is 218 g/mol. The highest BCUT2D eigenvalue weighted by atomic mass is 16.5. The van der Waals surface area contributed by atoms with Crippen molar-refractivity contribution in [2.24, 2.45) is 0 Å². The van der Waals surface area contributed by atoms with Crippen LogP contribution in [0.25, 0.3) is 0 Å². The average molecular weight is 235 g/mol. The lowest BCUT2D eigenvalue weighted by Gasteiger charge is -2.35. The van der Waals surface area contributed by atoms with E-state index >= 15 is 0 Å². The van der Waals surface area contributed by atoms with Crippen molar-refractivity contribution >= 4 is 11.7 Å². The first-order valence-electron chi connectivity index (χ1n) is 5.74. The van der Waals surface area contributed by atoms with Gasteiger partial charge >= 0.3 is 0 Å².